The third-order valence-electron chi connectivity index (χ3n) is 11.8. The number of benzene rings is 8. The van der Waals surface area contributed by atoms with Gasteiger partial charge in [-0.3, -0.25) is 0 Å². The number of nitrogens with zero attached hydrogens (tertiary/aromatic N) is 2. The molecule has 12 aromatic rings. The molecular weight excluding hydrogens is 775 g/mol. The van der Waals surface area contributed by atoms with Crippen molar-refractivity contribution in [3.05, 3.63) is 169 Å². The summed E-state index contributed by atoms with van der Waals surface area (Å²) in [5.41, 5.74) is 1.93. The summed E-state index contributed by atoms with van der Waals surface area (Å²) in [6.45, 7) is 0. The normalized spacial score (nSPS) is 12.8. The van der Waals surface area contributed by atoms with Gasteiger partial charge in [-0.1, -0.05) is 97.1 Å². The second kappa shape index (κ2) is 12.0. The molecule has 0 aliphatic carbocycles. The van der Waals surface area contributed by atoms with Crippen molar-refractivity contribution >= 4 is 87.5 Å². The fraction of sp³-hybridized carbons (Fsp3) is 0.0400. The van der Waals surface area contributed by atoms with Gasteiger partial charge in [0.15, 0.2) is 11.2 Å². The van der Waals surface area contributed by atoms with Gasteiger partial charge in [0.1, 0.15) is 11.2 Å². The van der Waals surface area contributed by atoms with Gasteiger partial charge in [-0.05, 0) is 66.2 Å². The molecule has 0 N–H and O–H groups in total. The quantitative estimate of drug-likeness (QED) is 0.167. The summed E-state index contributed by atoms with van der Waals surface area (Å²) < 4.78 is 108. The molecule has 0 unspecified atom stereocenters. The minimum atomic E-state index is -4.94. The first kappa shape index (κ1) is 34.6. The maximum atomic E-state index is 16.1. The molecule has 0 bridgehead atoms. The highest BCUT2D eigenvalue weighted by molar-refractivity contribution is 6.23. The predicted octanol–water partition coefficient (Wildman–Crippen LogP) is 15.4. The van der Waals surface area contributed by atoms with E-state index in [2.05, 4.69) is 0 Å². The van der Waals surface area contributed by atoms with Crippen molar-refractivity contribution in [3.8, 4) is 22.5 Å². The number of rotatable bonds is 3. The fourth-order valence-corrected chi connectivity index (χ4v) is 9.23. The molecule has 4 heterocycles. The lowest BCUT2D eigenvalue weighted by Gasteiger charge is -2.22. The van der Waals surface area contributed by atoms with E-state index in [0.29, 0.717) is 65.9 Å². The topological polar surface area (TPSA) is 36.1 Å². The van der Waals surface area contributed by atoms with Gasteiger partial charge in [-0.2, -0.15) is 26.3 Å². The van der Waals surface area contributed by atoms with Crippen LogP contribution in [0.25, 0.3) is 110 Å². The van der Waals surface area contributed by atoms with Crippen LogP contribution in [0.3, 0.4) is 0 Å². The highest BCUT2D eigenvalue weighted by atomic mass is 19.4. The van der Waals surface area contributed by atoms with E-state index in [4.69, 9.17) is 8.83 Å². The maximum absolute atomic E-state index is 16.1. The van der Waals surface area contributed by atoms with E-state index in [-0.39, 0.29) is 22.5 Å². The molecule has 4 aromatic heterocycles. The van der Waals surface area contributed by atoms with Crippen LogP contribution in [0, 0.1) is 0 Å². The largest absolute Gasteiger partial charge is 0.454 e. The number of furan rings is 2. The number of hydrogen-bond acceptors (Lipinski definition) is 2. The van der Waals surface area contributed by atoms with Crippen molar-refractivity contribution in [3.63, 3.8) is 0 Å². The molecule has 0 saturated heterocycles. The molecule has 290 valence electrons. The Labute approximate surface area is 334 Å². The Morgan fingerprint density at radius 3 is 1.40 bits per heavy atom. The molecule has 60 heavy (non-hydrogen) atoms. The maximum Gasteiger partial charge on any atom is 0.418 e. The minimum Gasteiger partial charge on any atom is -0.454 e. The van der Waals surface area contributed by atoms with Crippen LogP contribution >= 0.6 is 0 Å². The highest BCUT2D eigenvalue weighted by Gasteiger charge is 2.38. The molecule has 0 spiro atoms. The Hall–Kier alpha value is -7.46. The number of para-hydroxylation sites is 4. The number of halogens is 6. The van der Waals surface area contributed by atoms with Crippen molar-refractivity contribution in [1.29, 1.82) is 0 Å². The Morgan fingerprint density at radius 2 is 0.867 bits per heavy atom. The Balaban J connectivity index is 1.29. The summed E-state index contributed by atoms with van der Waals surface area (Å²) in [4.78, 5) is 0. The molecule has 8 aromatic carbocycles. The average molecular weight is 801 g/mol. The van der Waals surface area contributed by atoms with Crippen LogP contribution in [0.2, 0.25) is 0 Å². The van der Waals surface area contributed by atoms with Crippen molar-refractivity contribution in [2.75, 3.05) is 0 Å². The molecule has 0 fully saturated rings. The summed E-state index contributed by atoms with van der Waals surface area (Å²) in [6, 6.07) is 44.1. The summed E-state index contributed by atoms with van der Waals surface area (Å²) in [6.07, 6.45) is -9.67. The minimum absolute atomic E-state index is 0.0270. The molecule has 0 aliphatic heterocycles. The molecule has 4 nitrogen and oxygen atoms in total. The molecule has 0 aliphatic rings. The first-order valence-corrected chi connectivity index (χ1v) is 19.1. The lowest BCUT2D eigenvalue weighted by molar-refractivity contribution is -0.138. The van der Waals surface area contributed by atoms with Gasteiger partial charge in [-0.25, -0.2) is 0 Å². The molecular formula is C50H26F6N2O2. The van der Waals surface area contributed by atoms with Gasteiger partial charge in [0.25, 0.3) is 0 Å². The van der Waals surface area contributed by atoms with Crippen molar-refractivity contribution < 1.29 is 35.2 Å². The van der Waals surface area contributed by atoms with Gasteiger partial charge >= 0.3 is 12.4 Å². The Morgan fingerprint density at radius 1 is 0.383 bits per heavy atom. The zero-order valence-electron chi connectivity index (χ0n) is 31.0. The summed E-state index contributed by atoms with van der Waals surface area (Å²) in [7, 11) is 0. The summed E-state index contributed by atoms with van der Waals surface area (Å²) in [5.74, 6) is 0. The zero-order valence-corrected chi connectivity index (χ0v) is 31.0. The average Bonchev–Trinajstić information content (AvgIpc) is 4.00. The smallest absolute Gasteiger partial charge is 0.418 e. The van der Waals surface area contributed by atoms with Crippen LogP contribution < -0.4 is 0 Å². The van der Waals surface area contributed by atoms with Gasteiger partial charge in [0.2, 0.25) is 0 Å². The van der Waals surface area contributed by atoms with E-state index in [1.807, 2.05) is 91.0 Å². The lowest BCUT2D eigenvalue weighted by Crippen LogP contribution is -2.13. The first-order valence-electron chi connectivity index (χ1n) is 19.1. The van der Waals surface area contributed by atoms with Crippen LogP contribution in [-0.4, -0.2) is 9.13 Å². The lowest BCUT2D eigenvalue weighted by atomic mass is 9.97. The third-order valence-corrected chi connectivity index (χ3v) is 11.8. The van der Waals surface area contributed by atoms with Crippen molar-refractivity contribution in [1.82, 2.24) is 9.13 Å². The number of hydrogen-bond donors (Lipinski definition) is 0. The zero-order chi connectivity index (χ0) is 40.7. The van der Waals surface area contributed by atoms with Gasteiger partial charge in [0, 0.05) is 48.7 Å². The second-order valence-corrected chi connectivity index (χ2v) is 15.0. The second-order valence-electron chi connectivity index (χ2n) is 15.0. The van der Waals surface area contributed by atoms with E-state index < -0.39 is 23.5 Å². The Kier molecular flexibility index (Phi) is 6.94. The number of fused-ring (bicyclic) bond motifs is 14. The number of aromatic nitrogens is 2. The van der Waals surface area contributed by atoms with Gasteiger partial charge in [0.05, 0.1) is 44.6 Å². The standard InChI is InChI=1S/C50H26F6N2O2/c51-49(52,53)28-11-9-10-27(24-28)37-25-42(58-40-17-6-2-13-30(40)34-21-23-36-32-15-4-8-19-44(32)60-48(36)46(34)58)38(50(54,55)56)26-41(37)57-39-16-5-1-12-29(39)33-20-22-35-31-14-3-7-18-43(31)59-47(35)45(33)57/h1-26H. The molecule has 0 atom stereocenters. The highest BCUT2D eigenvalue weighted by Crippen LogP contribution is 2.48. The van der Waals surface area contributed by atoms with E-state index in [1.54, 1.807) is 39.5 Å². The third kappa shape index (κ3) is 4.81. The van der Waals surface area contributed by atoms with E-state index in [1.165, 1.54) is 18.2 Å². The van der Waals surface area contributed by atoms with E-state index in [0.717, 1.165) is 39.7 Å². The van der Waals surface area contributed by atoms with Crippen molar-refractivity contribution in [2.24, 2.45) is 0 Å². The van der Waals surface area contributed by atoms with Crippen LogP contribution in [0.4, 0.5) is 26.3 Å². The molecule has 0 radical (unpaired) electrons. The molecule has 12 rings (SSSR count). The van der Waals surface area contributed by atoms with Crippen LogP contribution in [-0.2, 0) is 12.4 Å². The molecule has 0 amide bonds. The van der Waals surface area contributed by atoms with E-state index in [9.17, 15) is 13.2 Å². The fourth-order valence-electron chi connectivity index (χ4n) is 9.23. The van der Waals surface area contributed by atoms with Crippen LogP contribution in [0.15, 0.2) is 167 Å². The van der Waals surface area contributed by atoms with Gasteiger partial charge in [-0.15, -0.1) is 0 Å². The predicted molar refractivity (Wildman–Crippen MR) is 225 cm³/mol. The Bertz CT molecular complexity index is 3770. The van der Waals surface area contributed by atoms with Crippen LogP contribution in [0.5, 0.6) is 0 Å². The molecule has 10 heteroatoms. The first-order chi connectivity index (χ1) is 29.0. The van der Waals surface area contributed by atoms with Crippen molar-refractivity contribution in [2.45, 2.75) is 12.4 Å². The van der Waals surface area contributed by atoms with Crippen LogP contribution in [0.1, 0.15) is 11.1 Å². The summed E-state index contributed by atoms with van der Waals surface area (Å²) in [5, 5.41) is 5.86. The monoisotopic (exact) mass is 800 g/mol. The SMILES string of the molecule is FC(F)(F)c1cccc(-c2cc(-n3c4ccccc4c4ccc5c6ccccc6oc5c43)c(C(F)(F)F)cc2-n2c3ccccc3c3ccc4c5ccccc5oc4c32)c1. The van der Waals surface area contributed by atoms with E-state index >= 15 is 13.2 Å². The number of alkyl halides is 6. The van der Waals surface area contributed by atoms with Gasteiger partial charge < -0.3 is 18.0 Å². The summed E-state index contributed by atoms with van der Waals surface area (Å²) >= 11 is 0. The molecule has 0 saturated carbocycles.